The van der Waals surface area contributed by atoms with Crippen molar-refractivity contribution in [3.05, 3.63) is 88.0 Å². The molecule has 2 aromatic rings. The molecule has 4 rings (SSSR count). The summed E-state index contributed by atoms with van der Waals surface area (Å²) in [6.45, 7) is 1.88. The Morgan fingerprint density at radius 1 is 1.00 bits per heavy atom. The van der Waals surface area contributed by atoms with Crippen LogP contribution in [0.25, 0.3) is 6.08 Å². The number of nitrogens with two attached hydrogens (primary N) is 2. The van der Waals surface area contributed by atoms with E-state index in [2.05, 4.69) is 30.2 Å². The van der Waals surface area contributed by atoms with Crippen molar-refractivity contribution in [1.82, 2.24) is 4.90 Å². The number of methoxy groups -OCH3 is 2. The van der Waals surface area contributed by atoms with Crippen molar-refractivity contribution in [1.29, 1.82) is 0 Å². The molecule has 1 atom stereocenters. The molecule has 0 bridgehead atoms. The van der Waals surface area contributed by atoms with Crippen LogP contribution in [-0.2, 0) is 4.74 Å². The van der Waals surface area contributed by atoms with E-state index in [9.17, 15) is 0 Å². The summed E-state index contributed by atoms with van der Waals surface area (Å²) in [6, 6.07) is 16.1. The van der Waals surface area contributed by atoms with Crippen molar-refractivity contribution in [3.63, 3.8) is 0 Å². The van der Waals surface area contributed by atoms with Gasteiger partial charge in [-0.2, -0.15) is 0 Å². The molecular formula is C25H29N3O3. The Kier molecular flexibility index (Phi) is 6.02. The predicted molar refractivity (Wildman–Crippen MR) is 123 cm³/mol. The van der Waals surface area contributed by atoms with E-state index < -0.39 is 0 Å². The molecule has 0 fully saturated rings. The van der Waals surface area contributed by atoms with Crippen molar-refractivity contribution >= 4 is 6.08 Å². The maximum Gasteiger partial charge on any atom is 0.192 e. The smallest absolute Gasteiger partial charge is 0.192 e. The topological polar surface area (TPSA) is 83.0 Å². The van der Waals surface area contributed by atoms with Gasteiger partial charge in [0.1, 0.15) is 17.3 Å². The molecule has 2 aliphatic heterocycles. The fourth-order valence-corrected chi connectivity index (χ4v) is 4.30. The highest BCUT2D eigenvalue weighted by atomic mass is 16.5. The summed E-state index contributed by atoms with van der Waals surface area (Å²) in [6.07, 6.45) is 2.15. The molecule has 2 aliphatic rings. The summed E-state index contributed by atoms with van der Waals surface area (Å²) in [5.41, 5.74) is 17.9. The molecule has 0 radical (unpaired) electrons. The monoisotopic (exact) mass is 419 g/mol. The van der Waals surface area contributed by atoms with Crippen molar-refractivity contribution in [2.75, 3.05) is 40.9 Å². The molecule has 6 heteroatoms. The summed E-state index contributed by atoms with van der Waals surface area (Å²) >= 11 is 0. The van der Waals surface area contributed by atoms with Crippen molar-refractivity contribution in [3.8, 4) is 11.5 Å². The van der Waals surface area contributed by atoms with Gasteiger partial charge in [0.05, 0.1) is 14.2 Å². The maximum atomic E-state index is 6.37. The standard InChI is InChI=1S/C25H29N3O3/c1-28-14-18(12-16-4-8-19(29-2)9-5-16)24-22(15-28)23(21(13-26)25(27)31-24)17-6-10-20(30-3)11-7-17/h4-12,23H,13-15,26-27H2,1-3H3/b18-12+. The second-order valence-electron chi connectivity index (χ2n) is 7.87. The minimum atomic E-state index is -0.0262. The van der Waals surface area contributed by atoms with E-state index in [1.54, 1.807) is 14.2 Å². The SMILES string of the molecule is COc1ccc(/C=C2\CN(C)CC3=C2OC(N)=C(CN)C3c2ccc(OC)cc2)cc1. The van der Waals surface area contributed by atoms with Gasteiger partial charge < -0.3 is 25.7 Å². The van der Waals surface area contributed by atoms with Crippen LogP contribution >= 0.6 is 0 Å². The van der Waals surface area contributed by atoms with Crippen molar-refractivity contribution < 1.29 is 14.2 Å². The molecule has 31 heavy (non-hydrogen) atoms. The summed E-state index contributed by atoms with van der Waals surface area (Å²) in [5.74, 6) is 2.87. The Morgan fingerprint density at radius 2 is 1.61 bits per heavy atom. The molecule has 162 valence electrons. The molecule has 6 nitrogen and oxygen atoms in total. The van der Waals surface area contributed by atoms with Crippen LogP contribution in [0.5, 0.6) is 11.5 Å². The highest BCUT2D eigenvalue weighted by Gasteiger charge is 2.36. The Balaban J connectivity index is 1.80. The summed E-state index contributed by atoms with van der Waals surface area (Å²) in [5, 5.41) is 0. The van der Waals surface area contributed by atoms with Crippen LogP contribution in [0, 0.1) is 0 Å². The molecule has 0 saturated heterocycles. The molecule has 2 aromatic carbocycles. The molecule has 0 spiro atoms. The Bertz CT molecular complexity index is 1040. The Hall–Kier alpha value is -3.22. The number of benzene rings is 2. The zero-order chi connectivity index (χ0) is 22.0. The van der Waals surface area contributed by atoms with Gasteiger partial charge in [0.2, 0.25) is 0 Å². The average molecular weight is 420 g/mol. The number of hydrogen-bond acceptors (Lipinski definition) is 6. The normalized spacial score (nSPS) is 20.5. The molecule has 0 aliphatic carbocycles. The highest BCUT2D eigenvalue weighted by molar-refractivity contribution is 5.62. The first-order chi connectivity index (χ1) is 15.0. The molecule has 0 amide bonds. The summed E-state index contributed by atoms with van der Waals surface area (Å²) in [7, 11) is 5.44. The Labute approximate surface area is 183 Å². The third kappa shape index (κ3) is 4.17. The van der Waals surface area contributed by atoms with Gasteiger partial charge in [-0.1, -0.05) is 24.3 Å². The van der Waals surface area contributed by atoms with Gasteiger partial charge in [-0.25, -0.2) is 0 Å². The van der Waals surface area contributed by atoms with E-state index in [4.69, 9.17) is 25.7 Å². The molecule has 4 N–H and O–H groups in total. The van der Waals surface area contributed by atoms with Gasteiger partial charge in [-0.15, -0.1) is 0 Å². The van der Waals surface area contributed by atoms with E-state index in [0.29, 0.717) is 12.4 Å². The minimum Gasteiger partial charge on any atom is -0.497 e. The molecular weight excluding hydrogens is 390 g/mol. The lowest BCUT2D eigenvalue weighted by atomic mass is 9.80. The Morgan fingerprint density at radius 3 is 2.19 bits per heavy atom. The van der Waals surface area contributed by atoms with Gasteiger partial charge in [0.25, 0.3) is 0 Å². The molecule has 0 saturated carbocycles. The number of likely N-dealkylation sites (N-methyl/N-ethyl adjacent to an activating group) is 1. The summed E-state index contributed by atoms with van der Waals surface area (Å²) in [4.78, 5) is 2.28. The van der Waals surface area contributed by atoms with Gasteiger partial charge >= 0.3 is 0 Å². The molecule has 0 aromatic heterocycles. The van der Waals surface area contributed by atoms with Crippen LogP contribution in [0.3, 0.4) is 0 Å². The lowest BCUT2D eigenvalue weighted by Crippen LogP contribution is -2.37. The minimum absolute atomic E-state index is 0.0262. The van der Waals surface area contributed by atoms with E-state index >= 15 is 0 Å². The molecule has 1 unspecified atom stereocenters. The fourth-order valence-electron chi connectivity index (χ4n) is 4.30. The number of ether oxygens (including phenoxy) is 3. The quantitative estimate of drug-likeness (QED) is 0.774. The fraction of sp³-hybridized carbons (Fsp3) is 0.280. The predicted octanol–water partition coefficient (Wildman–Crippen LogP) is 3.23. The summed E-state index contributed by atoms with van der Waals surface area (Å²) < 4.78 is 16.8. The number of hydrogen-bond donors (Lipinski definition) is 2. The lowest BCUT2D eigenvalue weighted by molar-refractivity contribution is 0.248. The number of nitrogens with zero attached hydrogens (tertiary/aromatic N) is 1. The second-order valence-corrected chi connectivity index (χ2v) is 7.87. The van der Waals surface area contributed by atoms with E-state index in [1.807, 2.05) is 36.4 Å². The highest BCUT2D eigenvalue weighted by Crippen LogP contribution is 2.43. The average Bonchev–Trinajstić information content (AvgIpc) is 2.79. The first-order valence-corrected chi connectivity index (χ1v) is 10.3. The first-order valence-electron chi connectivity index (χ1n) is 10.3. The zero-order valence-corrected chi connectivity index (χ0v) is 18.2. The van der Waals surface area contributed by atoms with Crippen LogP contribution in [-0.4, -0.2) is 45.8 Å². The molecule has 2 heterocycles. The zero-order valence-electron chi connectivity index (χ0n) is 18.2. The van der Waals surface area contributed by atoms with Crippen LogP contribution in [0.4, 0.5) is 0 Å². The van der Waals surface area contributed by atoms with Gasteiger partial charge in [0.15, 0.2) is 5.88 Å². The van der Waals surface area contributed by atoms with Crippen molar-refractivity contribution in [2.45, 2.75) is 5.92 Å². The lowest BCUT2D eigenvalue weighted by Gasteiger charge is -2.38. The largest absolute Gasteiger partial charge is 0.497 e. The van der Waals surface area contributed by atoms with Crippen molar-refractivity contribution in [2.24, 2.45) is 11.5 Å². The number of rotatable bonds is 5. The van der Waals surface area contributed by atoms with E-state index in [1.165, 1.54) is 5.57 Å². The van der Waals surface area contributed by atoms with Gasteiger partial charge in [-0.05, 0) is 54.1 Å². The second kappa shape index (κ2) is 8.88. The van der Waals surface area contributed by atoms with E-state index in [0.717, 1.165) is 52.6 Å². The van der Waals surface area contributed by atoms with E-state index in [-0.39, 0.29) is 5.92 Å². The van der Waals surface area contributed by atoms with Crippen LogP contribution in [0.2, 0.25) is 0 Å². The van der Waals surface area contributed by atoms with Crippen LogP contribution < -0.4 is 20.9 Å². The van der Waals surface area contributed by atoms with Crippen LogP contribution in [0.1, 0.15) is 17.0 Å². The first kappa shape index (κ1) is 21.0. The van der Waals surface area contributed by atoms with Crippen LogP contribution in [0.15, 0.2) is 76.9 Å². The maximum absolute atomic E-state index is 6.37. The van der Waals surface area contributed by atoms with Gasteiger partial charge in [0, 0.05) is 36.7 Å². The third-order valence-electron chi connectivity index (χ3n) is 5.82. The van der Waals surface area contributed by atoms with Gasteiger partial charge in [-0.3, -0.25) is 4.90 Å². The third-order valence-corrected chi connectivity index (χ3v) is 5.82.